The van der Waals surface area contributed by atoms with Gasteiger partial charge in [-0.15, -0.1) is 0 Å². The number of likely N-dealkylation sites (tertiary alicyclic amines) is 1. The first-order valence-electron chi connectivity index (χ1n) is 15.4. The molecule has 0 radical (unpaired) electrons. The molecule has 5 rings (SSSR count). The Morgan fingerprint density at radius 3 is 2.45 bits per heavy atom. The first kappa shape index (κ1) is 29.1. The van der Waals surface area contributed by atoms with Gasteiger partial charge in [-0.3, -0.25) is 14.3 Å². The highest BCUT2D eigenvalue weighted by atomic mass is 35.5. The zero-order chi connectivity index (χ0) is 27.8. The minimum atomic E-state index is -0.570. The number of carbonyl (C=O) groups is 2. The van der Waals surface area contributed by atoms with E-state index in [-0.39, 0.29) is 17.2 Å². The number of nitrogens with zero attached hydrogens (tertiary/aromatic N) is 4. The number of halogens is 1. The van der Waals surface area contributed by atoms with E-state index in [0.29, 0.717) is 42.8 Å². The predicted octanol–water partition coefficient (Wildman–Crippen LogP) is 4.63. The van der Waals surface area contributed by atoms with Gasteiger partial charge >= 0.3 is 0 Å². The van der Waals surface area contributed by atoms with Gasteiger partial charge in [-0.2, -0.15) is 5.10 Å². The maximum absolute atomic E-state index is 14.0. The van der Waals surface area contributed by atoms with Crippen LogP contribution in [0.2, 0.25) is 5.02 Å². The summed E-state index contributed by atoms with van der Waals surface area (Å²) in [5.74, 6) is 1.24. The van der Waals surface area contributed by atoms with Crippen LogP contribution in [0.1, 0.15) is 76.2 Å². The fourth-order valence-corrected chi connectivity index (χ4v) is 7.39. The lowest BCUT2D eigenvalue weighted by molar-refractivity contribution is -0.139. The average molecular weight is 569 g/mol. The average Bonchev–Trinajstić information content (AvgIpc) is 3.51. The highest BCUT2D eigenvalue weighted by Crippen LogP contribution is 2.47. The van der Waals surface area contributed by atoms with Crippen molar-refractivity contribution in [3.8, 4) is 0 Å². The molecule has 1 atom stereocenters. The third kappa shape index (κ3) is 7.64. The number of rotatable bonds is 10. The molecule has 2 aliphatic heterocycles. The van der Waals surface area contributed by atoms with Crippen molar-refractivity contribution in [2.24, 2.45) is 17.3 Å². The van der Waals surface area contributed by atoms with E-state index in [4.69, 9.17) is 11.6 Å². The van der Waals surface area contributed by atoms with Crippen LogP contribution in [-0.4, -0.2) is 63.7 Å². The molecule has 2 saturated heterocycles. The third-order valence-corrected chi connectivity index (χ3v) is 9.96. The molecule has 3 aliphatic rings. The number of nitrogens with one attached hydrogen (secondary N) is 2. The summed E-state index contributed by atoms with van der Waals surface area (Å²) in [4.78, 5) is 33.2. The van der Waals surface area contributed by atoms with E-state index in [2.05, 4.69) is 20.7 Å². The number of carbonyl (C=O) groups excluding carboxylic acids is 2. The fraction of sp³-hybridized carbons (Fsp3) is 0.677. The Bertz CT molecular complexity index is 1070. The zero-order valence-electron chi connectivity index (χ0n) is 23.7. The largest absolute Gasteiger partial charge is 0.344 e. The molecule has 2 N–H and O–H groups in total. The molecular formula is C31H45ClN6O2. The van der Waals surface area contributed by atoms with E-state index >= 15 is 0 Å². The molecule has 2 amide bonds. The summed E-state index contributed by atoms with van der Waals surface area (Å²) in [5.41, 5.74) is 1.13. The molecule has 2 aromatic rings. The molecule has 1 aliphatic carbocycles. The van der Waals surface area contributed by atoms with Crippen molar-refractivity contribution in [3.63, 3.8) is 0 Å². The van der Waals surface area contributed by atoms with Crippen LogP contribution < -0.4 is 10.6 Å². The normalized spacial score (nSPS) is 21.2. The van der Waals surface area contributed by atoms with Crippen molar-refractivity contribution in [2.75, 3.05) is 26.2 Å². The van der Waals surface area contributed by atoms with Gasteiger partial charge in [0, 0.05) is 37.5 Å². The first-order valence-corrected chi connectivity index (χ1v) is 15.7. The van der Waals surface area contributed by atoms with Gasteiger partial charge in [0.1, 0.15) is 18.7 Å². The number of amides is 2. The van der Waals surface area contributed by atoms with E-state index in [1.54, 1.807) is 6.33 Å². The molecule has 8 nitrogen and oxygen atoms in total. The molecule has 3 fully saturated rings. The summed E-state index contributed by atoms with van der Waals surface area (Å²) >= 11 is 6.11. The molecule has 3 heterocycles. The molecule has 218 valence electrons. The zero-order valence-corrected chi connectivity index (χ0v) is 24.5. The first-order chi connectivity index (χ1) is 19.5. The van der Waals surface area contributed by atoms with Crippen LogP contribution in [0.5, 0.6) is 0 Å². The van der Waals surface area contributed by atoms with E-state index in [1.165, 1.54) is 32.1 Å². The lowest BCUT2D eigenvalue weighted by Gasteiger charge is -2.48. The Balaban J connectivity index is 1.25. The van der Waals surface area contributed by atoms with E-state index < -0.39 is 6.04 Å². The SMILES string of the molecule is O=C(CCC1CCNCC1)N[C@H](Cc1ccc(Cl)cc1)C(=O)N1CCC(Cn2cncn2)(C2CCCCC2)CC1. The molecular weight excluding hydrogens is 524 g/mol. The van der Waals surface area contributed by atoms with Crippen LogP contribution in [0.3, 0.4) is 0 Å². The fourth-order valence-electron chi connectivity index (χ4n) is 7.27. The quantitative estimate of drug-likeness (QED) is 0.436. The van der Waals surface area contributed by atoms with Gasteiger partial charge in [0.05, 0.1) is 0 Å². The van der Waals surface area contributed by atoms with E-state index in [9.17, 15) is 9.59 Å². The van der Waals surface area contributed by atoms with Crippen LogP contribution in [0.4, 0.5) is 0 Å². The second kappa shape index (κ2) is 13.9. The van der Waals surface area contributed by atoms with Gasteiger partial charge in [0.15, 0.2) is 0 Å². The van der Waals surface area contributed by atoms with Crippen LogP contribution in [0.25, 0.3) is 0 Å². The van der Waals surface area contributed by atoms with Crippen LogP contribution >= 0.6 is 11.6 Å². The van der Waals surface area contributed by atoms with Gasteiger partial charge < -0.3 is 15.5 Å². The number of aromatic nitrogens is 3. The number of piperidine rings is 2. The topological polar surface area (TPSA) is 92.2 Å². The minimum Gasteiger partial charge on any atom is -0.344 e. The molecule has 0 spiro atoms. The summed E-state index contributed by atoms with van der Waals surface area (Å²) < 4.78 is 1.98. The van der Waals surface area contributed by atoms with Crippen molar-refractivity contribution in [1.82, 2.24) is 30.3 Å². The maximum atomic E-state index is 14.0. The number of benzene rings is 1. The molecule has 0 unspecified atom stereocenters. The van der Waals surface area contributed by atoms with E-state index in [1.807, 2.05) is 40.2 Å². The minimum absolute atomic E-state index is 0.0226. The Hall–Kier alpha value is -2.45. The monoisotopic (exact) mass is 568 g/mol. The summed E-state index contributed by atoms with van der Waals surface area (Å²) in [6.07, 6.45) is 15.8. The van der Waals surface area contributed by atoms with Crippen molar-refractivity contribution in [2.45, 2.75) is 89.6 Å². The summed E-state index contributed by atoms with van der Waals surface area (Å²) in [6.45, 7) is 4.34. The second-order valence-corrected chi connectivity index (χ2v) is 12.7. The Labute approximate surface area is 243 Å². The lowest BCUT2D eigenvalue weighted by Crippen LogP contribution is -2.54. The molecule has 1 aromatic carbocycles. The molecule has 40 heavy (non-hydrogen) atoms. The van der Waals surface area contributed by atoms with Crippen molar-refractivity contribution < 1.29 is 9.59 Å². The Kier molecular flexibility index (Phi) is 10.1. The smallest absolute Gasteiger partial charge is 0.245 e. The molecule has 1 aromatic heterocycles. The van der Waals surface area contributed by atoms with Gasteiger partial charge in [-0.1, -0.05) is 43.0 Å². The number of hydrogen-bond donors (Lipinski definition) is 2. The lowest BCUT2D eigenvalue weighted by atomic mass is 9.63. The number of hydrogen-bond acceptors (Lipinski definition) is 5. The molecule has 1 saturated carbocycles. The van der Waals surface area contributed by atoms with Gasteiger partial charge in [0.25, 0.3) is 0 Å². The van der Waals surface area contributed by atoms with Crippen LogP contribution in [0.15, 0.2) is 36.9 Å². The van der Waals surface area contributed by atoms with Crippen molar-refractivity contribution >= 4 is 23.4 Å². The van der Waals surface area contributed by atoms with Gasteiger partial charge in [-0.05, 0) is 93.0 Å². The Morgan fingerprint density at radius 1 is 1.05 bits per heavy atom. The van der Waals surface area contributed by atoms with Crippen molar-refractivity contribution in [1.29, 1.82) is 0 Å². The van der Waals surface area contributed by atoms with Crippen molar-refractivity contribution in [3.05, 3.63) is 47.5 Å². The predicted molar refractivity (Wildman–Crippen MR) is 157 cm³/mol. The van der Waals surface area contributed by atoms with Gasteiger partial charge in [0.2, 0.25) is 11.8 Å². The van der Waals surface area contributed by atoms with E-state index in [0.717, 1.165) is 57.3 Å². The highest BCUT2D eigenvalue weighted by molar-refractivity contribution is 6.30. The second-order valence-electron chi connectivity index (χ2n) is 12.3. The summed E-state index contributed by atoms with van der Waals surface area (Å²) in [7, 11) is 0. The third-order valence-electron chi connectivity index (χ3n) is 9.71. The molecule has 9 heteroatoms. The summed E-state index contributed by atoms with van der Waals surface area (Å²) in [6, 6.07) is 7.03. The maximum Gasteiger partial charge on any atom is 0.245 e. The highest BCUT2D eigenvalue weighted by Gasteiger charge is 2.43. The standard InChI is InChI=1S/C31H45ClN6O2/c32-27-9-6-25(7-10-27)20-28(36-29(39)11-8-24-12-16-33-17-13-24)30(40)37-18-14-31(15-19-37,21-38-23-34-22-35-38)26-4-2-1-3-5-26/h6-7,9-10,22-24,26,28,33H,1-5,8,11-21H2,(H,36,39)/t28-/m1/s1. The van der Waals surface area contributed by atoms with Gasteiger partial charge in [-0.25, -0.2) is 4.98 Å². The van der Waals surface area contributed by atoms with Crippen LogP contribution in [0, 0.1) is 17.3 Å². The van der Waals surface area contributed by atoms with Crippen LogP contribution in [-0.2, 0) is 22.6 Å². The summed E-state index contributed by atoms with van der Waals surface area (Å²) in [5, 5.41) is 11.6. The molecule has 0 bridgehead atoms. The Morgan fingerprint density at radius 2 is 1.77 bits per heavy atom.